The number of nitro groups is 1. The van der Waals surface area contributed by atoms with Gasteiger partial charge >= 0.3 is 11.6 Å². The predicted octanol–water partition coefficient (Wildman–Crippen LogP) is 0.675. The number of hydrogen-bond acceptors (Lipinski definition) is 6. The first-order valence-electron chi connectivity index (χ1n) is 6.96. The molecule has 0 spiro atoms. The second kappa shape index (κ2) is 6.90. The van der Waals surface area contributed by atoms with Gasteiger partial charge in [-0.05, 0) is 13.0 Å². The number of nitrogens with zero attached hydrogens (tertiary/aromatic N) is 6. The van der Waals surface area contributed by atoms with E-state index in [1.54, 1.807) is 17.9 Å². The molecular weight excluding hydrogens is 304 g/mol. The molecule has 10 nitrogen and oxygen atoms in total. The molecule has 2 aromatic rings. The fourth-order valence-electron chi connectivity index (χ4n) is 2.11. The van der Waals surface area contributed by atoms with E-state index in [9.17, 15) is 14.9 Å². The first kappa shape index (κ1) is 16.5. The van der Waals surface area contributed by atoms with Crippen LogP contribution in [0.1, 0.15) is 12.6 Å². The summed E-state index contributed by atoms with van der Waals surface area (Å²) in [6.45, 7) is 2.97. The van der Waals surface area contributed by atoms with Crippen LogP contribution in [0.5, 0.6) is 5.88 Å². The Bertz CT molecular complexity index is 707. The molecule has 2 rings (SSSR count). The molecule has 0 aliphatic carbocycles. The van der Waals surface area contributed by atoms with Crippen molar-refractivity contribution < 1.29 is 14.5 Å². The number of methoxy groups -OCH3 is 1. The number of carbonyl (C=O) groups excluding carboxylic acids is 1. The van der Waals surface area contributed by atoms with Crippen molar-refractivity contribution in [2.24, 2.45) is 0 Å². The number of aromatic nitrogens is 4. The van der Waals surface area contributed by atoms with Crippen LogP contribution in [0.25, 0.3) is 0 Å². The zero-order chi connectivity index (χ0) is 17.0. The van der Waals surface area contributed by atoms with Gasteiger partial charge in [-0.2, -0.15) is 5.10 Å². The van der Waals surface area contributed by atoms with Crippen LogP contribution in [-0.2, 0) is 24.4 Å². The number of likely N-dealkylation sites (N-methyl/N-ethyl adjacent to an activating group) is 1. The molecule has 0 fully saturated rings. The van der Waals surface area contributed by atoms with E-state index in [4.69, 9.17) is 4.74 Å². The van der Waals surface area contributed by atoms with Gasteiger partial charge in [-0.25, -0.2) is 0 Å². The van der Waals surface area contributed by atoms with Gasteiger partial charge < -0.3 is 9.64 Å². The van der Waals surface area contributed by atoms with E-state index in [1.807, 2.05) is 13.0 Å². The number of ether oxygens (including phenoxy) is 1. The molecule has 0 saturated carbocycles. The Hall–Kier alpha value is -2.91. The van der Waals surface area contributed by atoms with E-state index in [-0.39, 0.29) is 24.0 Å². The Morgan fingerprint density at radius 3 is 2.83 bits per heavy atom. The molecule has 23 heavy (non-hydrogen) atoms. The molecule has 0 radical (unpaired) electrons. The molecule has 0 bridgehead atoms. The zero-order valence-corrected chi connectivity index (χ0v) is 13.2. The highest BCUT2D eigenvalue weighted by Gasteiger charge is 2.22. The molecule has 0 aliphatic rings. The van der Waals surface area contributed by atoms with Crippen LogP contribution in [0.4, 0.5) is 5.69 Å². The van der Waals surface area contributed by atoms with E-state index in [2.05, 4.69) is 10.2 Å². The summed E-state index contributed by atoms with van der Waals surface area (Å²) in [6.07, 6.45) is 2.86. The first-order chi connectivity index (χ1) is 11.0. The quantitative estimate of drug-likeness (QED) is 0.547. The summed E-state index contributed by atoms with van der Waals surface area (Å²) in [5.74, 6) is -0.344. The van der Waals surface area contributed by atoms with Crippen molar-refractivity contribution in [2.75, 3.05) is 14.2 Å². The Balaban J connectivity index is 2.05. The third kappa shape index (κ3) is 3.65. The number of hydrogen-bond donors (Lipinski definition) is 0. The topological polar surface area (TPSA) is 108 Å². The molecule has 0 N–H and O–H groups in total. The van der Waals surface area contributed by atoms with Crippen LogP contribution in [0.3, 0.4) is 0 Å². The predicted molar refractivity (Wildman–Crippen MR) is 79.8 cm³/mol. The molecule has 10 heteroatoms. The van der Waals surface area contributed by atoms with E-state index >= 15 is 0 Å². The van der Waals surface area contributed by atoms with Crippen LogP contribution >= 0.6 is 0 Å². The average molecular weight is 322 g/mol. The lowest BCUT2D eigenvalue weighted by Crippen LogP contribution is -2.30. The van der Waals surface area contributed by atoms with Crippen LogP contribution in [-0.4, -0.2) is 49.4 Å². The van der Waals surface area contributed by atoms with Gasteiger partial charge in [-0.1, -0.05) is 0 Å². The summed E-state index contributed by atoms with van der Waals surface area (Å²) in [6, 6.07) is 1.84. The van der Waals surface area contributed by atoms with E-state index in [1.165, 1.54) is 22.9 Å². The number of amides is 1. The van der Waals surface area contributed by atoms with Gasteiger partial charge in [0.25, 0.3) is 0 Å². The second-order valence-electron chi connectivity index (χ2n) is 4.87. The summed E-state index contributed by atoms with van der Waals surface area (Å²) >= 11 is 0. The maximum absolute atomic E-state index is 12.2. The van der Waals surface area contributed by atoms with E-state index in [0.29, 0.717) is 13.1 Å². The lowest BCUT2D eigenvalue weighted by Gasteiger charge is -2.17. The highest BCUT2D eigenvalue weighted by Crippen LogP contribution is 2.23. The average Bonchev–Trinajstić information content (AvgIpc) is 3.13. The smallest absolute Gasteiger partial charge is 0.350 e. The summed E-state index contributed by atoms with van der Waals surface area (Å²) in [5.41, 5.74) is 0.638. The molecule has 0 aliphatic heterocycles. The Kier molecular flexibility index (Phi) is 4.94. The van der Waals surface area contributed by atoms with Crippen molar-refractivity contribution >= 4 is 11.6 Å². The SMILES string of the molecule is CCn1nccc1CN(C)C(=O)Cn1cc([N+](=O)[O-])c(OC)n1. The minimum Gasteiger partial charge on any atom is -0.475 e. The molecule has 1 amide bonds. The summed E-state index contributed by atoms with van der Waals surface area (Å²) in [4.78, 5) is 24.0. The van der Waals surface area contributed by atoms with Gasteiger partial charge in [0, 0.05) is 19.8 Å². The minimum atomic E-state index is -0.601. The number of carbonyl (C=O) groups is 1. The number of rotatable bonds is 7. The summed E-state index contributed by atoms with van der Waals surface area (Å²) in [5, 5.41) is 18.9. The monoisotopic (exact) mass is 322 g/mol. The maximum Gasteiger partial charge on any atom is 0.350 e. The Labute approximate surface area is 132 Å². The zero-order valence-electron chi connectivity index (χ0n) is 13.2. The van der Waals surface area contributed by atoms with Gasteiger partial charge in [0.1, 0.15) is 12.7 Å². The van der Waals surface area contributed by atoms with Gasteiger partial charge in [-0.3, -0.25) is 24.3 Å². The van der Waals surface area contributed by atoms with Crippen LogP contribution in [0.15, 0.2) is 18.5 Å². The fraction of sp³-hybridized carbons (Fsp3) is 0.462. The summed E-state index contributed by atoms with van der Waals surface area (Å²) in [7, 11) is 2.95. The van der Waals surface area contributed by atoms with Crippen molar-refractivity contribution in [3.63, 3.8) is 0 Å². The van der Waals surface area contributed by atoms with Gasteiger partial charge in [0.15, 0.2) is 0 Å². The number of aryl methyl sites for hydroxylation is 1. The third-order valence-corrected chi connectivity index (χ3v) is 3.33. The maximum atomic E-state index is 12.2. The molecule has 124 valence electrons. The normalized spacial score (nSPS) is 10.6. The molecule has 0 aromatic carbocycles. The van der Waals surface area contributed by atoms with E-state index < -0.39 is 4.92 Å². The highest BCUT2D eigenvalue weighted by atomic mass is 16.6. The van der Waals surface area contributed by atoms with Crippen molar-refractivity contribution in [1.82, 2.24) is 24.5 Å². The van der Waals surface area contributed by atoms with Gasteiger partial charge in [0.2, 0.25) is 5.91 Å². The van der Waals surface area contributed by atoms with Crippen LogP contribution in [0, 0.1) is 10.1 Å². The third-order valence-electron chi connectivity index (χ3n) is 3.33. The van der Waals surface area contributed by atoms with Gasteiger partial charge in [0.05, 0.1) is 24.3 Å². The molecule has 2 heterocycles. The standard InChI is InChI=1S/C13H18N6O4/c1-4-18-10(5-6-14-18)7-16(2)12(20)9-17-8-11(19(21)22)13(15-17)23-3/h5-6,8H,4,7,9H2,1-3H3. The van der Waals surface area contributed by atoms with Crippen molar-refractivity contribution in [1.29, 1.82) is 0 Å². The van der Waals surface area contributed by atoms with Crippen molar-refractivity contribution in [3.8, 4) is 5.88 Å². The molecule has 0 atom stereocenters. The van der Waals surface area contributed by atoms with Gasteiger partial charge in [-0.15, -0.1) is 5.10 Å². The van der Waals surface area contributed by atoms with Crippen molar-refractivity contribution in [2.45, 2.75) is 26.6 Å². The van der Waals surface area contributed by atoms with Crippen LogP contribution in [0.2, 0.25) is 0 Å². The minimum absolute atomic E-state index is 0.110. The highest BCUT2D eigenvalue weighted by molar-refractivity contribution is 5.75. The fourth-order valence-corrected chi connectivity index (χ4v) is 2.11. The molecular formula is C13H18N6O4. The first-order valence-corrected chi connectivity index (χ1v) is 6.96. The second-order valence-corrected chi connectivity index (χ2v) is 4.87. The van der Waals surface area contributed by atoms with Crippen LogP contribution < -0.4 is 4.74 Å². The molecule has 2 aromatic heterocycles. The Morgan fingerprint density at radius 1 is 1.52 bits per heavy atom. The van der Waals surface area contributed by atoms with Crippen molar-refractivity contribution in [3.05, 3.63) is 34.3 Å². The molecule has 0 saturated heterocycles. The lowest BCUT2D eigenvalue weighted by atomic mass is 10.3. The Morgan fingerprint density at radius 2 is 2.26 bits per heavy atom. The lowest BCUT2D eigenvalue weighted by molar-refractivity contribution is -0.385. The summed E-state index contributed by atoms with van der Waals surface area (Å²) < 4.78 is 7.83. The largest absolute Gasteiger partial charge is 0.475 e. The van der Waals surface area contributed by atoms with E-state index in [0.717, 1.165) is 5.69 Å². The molecule has 0 unspecified atom stereocenters.